The van der Waals surface area contributed by atoms with E-state index in [0.29, 0.717) is 29.8 Å². The zero-order valence-corrected chi connectivity index (χ0v) is 40.3. The van der Waals surface area contributed by atoms with Gasteiger partial charge in [-0.1, -0.05) is 43.2 Å². The molecule has 2 saturated heterocycles. The normalized spacial score (nSPS) is 18.6. The van der Waals surface area contributed by atoms with Gasteiger partial charge in [0, 0.05) is 86.8 Å². The third-order valence-electron chi connectivity index (χ3n) is 13.1. The van der Waals surface area contributed by atoms with Crippen LogP contribution < -0.4 is 19.7 Å². The van der Waals surface area contributed by atoms with Gasteiger partial charge in [-0.3, -0.25) is 24.7 Å². The Kier molecular flexibility index (Phi) is 14.2. The van der Waals surface area contributed by atoms with Gasteiger partial charge in [-0.15, -0.1) is 0 Å². The number of alkyl halides is 3. The van der Waals surface area contributed by atoms with Crippen LogP contribution in [0.3, 0.4) is 0 Å². The molecule has 1 aliphatic carbocycles. The SMILES string of the molecule is CC1(C)CCC(CN2CCN(c3ccc(C(=O)NS(=O)(=O)c4ccc(NCC(N5CC[P](C)(O)CC5)C(F)(F)F)c([N+](=O)[O-])c4)c(Oc4cnc5[nH]ccc5c4)c3)CC2)=C(c2ccc(Cl)cc2)C1. The fraction of sp³-hybridized carbons (Fsp3) is 0.404. The number of nitrogens with one attached hydrogen (secondary N) is 3. The highest BCUT2D eigenvalue weighted by Gasteiger charge is 2.45. The number of ether oxygens (including phenoxy) is 1. The number of nitro groups is 1. The molecule has 4 N–H and O–H groups in total. The van der Waals surface area contributed by atoms with Crippen molar-refractivity contribution in [3.05, 3.63) is 117 Å². The van der Waals surface area contributed by atoms with Crippen molar-refractivity contribution in [2.45, 2.75) is 50.2 Å². The molecule has 1 amide bonds. The van der Waals surface area contributed by atoms with E-state index in [1.165, 1.54) is 33.9 Å². The number of benzene rings is 3. The van der Waals surface area contributed by atoms with E-state index in [2.05, 4.69) is 51.1 Å². The van der Waals surface area contributed by atoms with Crippen molar-refractivity contribution in [1.82, 2.24) is 24.5 Å². The zero-order valence-electron chi connectivity index (χ0n) is 37.9. The number of hydrogen-bond acceptors (Lipinski definition) is 12. The van der Waals surface area contributed by atoms with Crippen LogP contribution >= 0.6 is 19.1 Å². The molecule has 3 aromatic carbocycles. The molecule has 0 spiro atoms. The van der Waals surface area contributed by atoms with Crippen molar-refractivity contribution < 1.29 is 40.9 Å². The summed E-state index contributed by atoms with van der Waals surface area (Å²) in [5.74, 6) is -0.786. The number of fused-ring (bicyclic) bond motifs is 1. The van der Waals surface area contributed by atoms with Crippen molar-refractivity contribution in [3.8, 4) is 11.5 Å². The highest BCUT2D eigenvalue weighted by Crippen LogP contribution is 2.52. The summed E-state index contributed by atoms with van der Waals surface area (Å²) in [4.78, 5) is 48.1. The van der Waals surface area contributed by atoms with Gasteiger partial charge in [0.15, 0.2) is 0 Å². The predicted octanol–water partition coefficient (Wildman–Crippen LogP) is 9.03. The summed E-state index contributed by atoms with van der Waals surface area (Å²) in [6.07, 6.45) is 2.00. The molecule has 1 radical (unpaired) electrons. The molecule has 21 heteroatoms. The van der Waals surface area contributed by atoms with Crippen LogP contribution in [0.5, 0.6) is 11.5 Å². The Morgan fingerprint density at radius 3 is 2.44 bits per heavy atom. The molecule has 15 nitrogen and oxygen atoms in total. The van der Waals surface area contributed by atoms with E-state index in [1.807, 2.05) is 16.9 Å². The first kappa shape index (κ1) is 49.1. The van der Waals surface area contributed by atoms with Crippen molar-refractivity contribution >= 4 is 68.7 Å². The minimum atomic E-state index is -4.79. The van der Waals surface area contributed by atoms with Gasteiger partial charge in [0.25, 0.3) is 21.6 Å². The lowest BCUT2D eigenvalue weighted by atomic mass is 9.72. The molecule has 2 aromatic heterocycles. The summed E-state index contributed by atoms with van der Waals surface area (Å²) >= 11 is 6.23. The van der Waals surface area contributed by atoms with Crippen LogP contribution in [0, 0.1) is 15.5 Å². The number of rotatable bonds is 14. The van der Waals surface area contributed by atoms with Gasteiger partial charge in [-0.05, 0) is 111 Å². The van der Waals surface area contributed by atoms with E-state index in [1.54, 1.807) is 37.1 Å². The van der Waals surface area contributed by atoms with Gasteiger partial charge in [0.2, 0.25) is 0 Å². The molecule has 2 aliphatic heterocycles. The number of pyridine rings is 1. The number of piperazine rings is 1. The van der Waals surface area contributed by atoms with E-state index < -0.39 is 57.7 Å². The molecule has 3 aliphatic rings. The van der Waals surface area contributed by atoms with E-state index in [4.69, 9.17) is 16.3 Å². The number of anilines is 2. The molecule has 363 valence electrons. The Morgan fingerprint density at radius 2 is 1.75 bits per heavy atom. The number of halogens is 4. The first-order chi connectivity index (χ1) is 32.1. The van der Waals surface area contributed by atoms with E-state index in [0.717, 1.165) is 62.1 Å². The van der Waals surface area contributed by atoms with Gasteiger partial charge in [0.1, 0.15) is 28.9 Å². The van der Waals surface area contributed by atoms with Crippen LogP contribution in [-0.2, 0) is 10.0 Å². The highest BCUT2D eigenvalue weighted by atomic mass is 35.5. The number of hydrogen-bond donors (Lipinski definition) is 4. The van der Waals surface area contributed by atoms with Crippen LogP contribution in [0.4, 0.5) is 30.2 Å². The molecule has 5 aromatic rings. The van der Waals surface area contributed by atoms with Gasteiger partial charge in [-0.2, -0.15) is 13.2 Å². The molecular weight excluding hydrogens is 944 g/mol. The summed E-state index contributed by atoms with van der Waals surface area (Å²) in [6.45, 7) is 9.20. The molecule has 8 rings (SSSR count). The Balaban J connectivity index is 0.996. The Labute approximate surface area is 398 Å². The largest absolute Gasteiger partial charge is 0.455 e. The number of nitrogens with zero attached hydrogens (tertiary/aromatic N) is 5. The van der Waals surface area contributed by atoms with E-state index in [-0.39, 0.29) is 53.6 Å². The quantitative estimate of drug-likeness (QED) is 0.0471. The highest BCUT2D eigenvalue weighted by molar-refractivity contribution is 7.90. The Bertz CT molecular complexity index is 2830. The monoisotopic (exact) mass is 997 g/mol. The lowest BCUT2D eigenvalue weighted by Crippen LogP contribution is -2.53. The summed E-state index contributed by atoms with van der Waals surface area (Å²) in [5.41, 5.74) is 4.22. The first-order valence-electron chi connectivity index (χ1n) is 22.3. The maximum Gasteiger partial charge on any atom is 0.405 e. The van der Waals surface area contributed by atoms with Gasteiger partial charge in [0.05, 0.1) is 21.6 Å². The third kappa shape index (κ3) is 11.6. The molecule has 0 saturated carbocycles. The zero-order chi connectivity index (χ0) is 48.6. The van der Waals surface area contributed by atoms with Crippen LogP contribution in [0.25, 0.3) is 16.6 Å². The molecule has 0 bridgehead atoms. The smallest absolute Gasteiger partial charge is 0.405 e. The lowest BCUT2D eigenvalue weighted by molar-refractivity contribution is -0.384. The van der Waals surface area contributed by atoms with E-state index in [9.17, 15) is 41.4 Å². The standard InChI is InChI=1S/C47H54ClF3N8O7PS/c1-46(2)14-12-33(39(27-46)31-4-6-34(48)7-5-31)30-56-16-18-57(19-17-56)35-8-10-38(42(25-35)66-36-24-32-13-15-52-44(32)54-28-36)45(60)55-68(64,65)37-9-11-40(41(26-37)59(61)62)53-29-43(47(49,50)51)58-20-22-67(3,63)23-21-58/h4-11,13,15,24-26,28,43,53,63H,12,14,16-23,27,29-30H2,1-3H3,(H,52,54)(H,55,60). The summed E-state index contributed by atoms with van der Waals surface area (Å²) in [5, 5.41) is 16.1. The van der Waals surface area contributed by atoms with Crippen LogP contribution in [0.15, 0.2) is 95.7 Å². The molecular formula is C47H54ClF3N8O7PS. The van der Waals surface area contributed by atoms with Crippen molar-refractivity contribution in [2.24, 2.45) is 5.41 Å². The average Bonchev–Trinajstić information content (AvgIpc) is 3.75. The Morgan fingerprint density at radius 1 is 1.03 bits per heavy atom. The number of carbonyl (C=O) groups is 1. The number of sulfonamides is 1. The second-order valence-corrected chi connectivity index (χ2v) is 24.4. The molecule has 2 fully saturated rings. The molecule has 1 atom stereocenters. The fourth-order valence-electron chi connectivity index (χ4n) is 9.08. The number of H-pyrrole nitrogens is 1. The fourth-order valence-corrected chi connectivity index (χ4v) is 11.8. The topological polar surface area (TPSA) is 186 Å². The van der Waals surface area contributed by atoms with Crippen molar-refractivity contribution in [1.29, 1.82) is 0 Å². The summed E-state index contributed by atoms with van der Waals surface area (Å²) < 4.78 is 78.4. The number of allylic oxidation sites excluding steroid dienone is 1. The van der Waals surface area contributed by atoms with Crippen molar-refractivity contribution in [2.75, 3.05) is 81.6 Å². The lowest BCUT2D eigenvalue weighted by Gasteiger charge is -2.41. The maximum atomic E-state index is 14.2. The molecule has 4 heterocycles. The van der Waals surface area contributed by atoms with Crippen LogP contribution in [0.1, 0.15) is 49.0 Å². The third-order valence-corrected chi connectivity index (χ3v) is 17.0. The number of aromatic nitrogens is 2. The van der Waals surface area contributed by atoms with Gasteiger partial charge >= 0.3 is 6.18 Å². The second kappa shape index (κ2) is 19.6. The van der Waals surface area contributed by atoms with E-state index >= 15 is 0 Å². The number of amides is 1. The minimum Gasteiger partial charge on any atom is -0.455 e. The first-order valence-corrected chi connectivity index (χ1v) is 26.7. The van der Waals surface area contributed by atoms with Crippen LogP contribution in [0.2, 0.25) is 5.02 Å². The number of carbonyl (C=O) groups excluding carboxylic acids is 1. The van der Waals surface area contributed by atoms with Gasteiger partial charge in [-0.25, -0.2) is 18.1 Å². The average molecular weight is 998 g/mol. The Hall–Kier alpha value is -5.30. The maximum absolute atomic E-state index is 14.2. The summed E-state index contributed by atoms with van der Waals surface area (Å²) in [6, 6.07) is 17.0. The molecule has 68 heavy (non-hydrogen) atoms. The second-order valence-electron chi connectivity index (χ2n) is 18.7. The van der Waals surface area contributed by atoms with Crippen LogP contribution in [-0.4, -0.2) is 127 Å². The minimum absolute atomic E-state index is 0.00236. The predicted molar refractivity (Wildman–Crippen MR) is 260 cm³/mol. The van der Waals surface area contributed by atoms with Crippen molar-refractivity contribution in [3.63, 3.8) is 0 Å². The number of aromatic amines is 1. The summed E-state index contributed by atoms with van der Waals surface area (Å²) in [7, 11) is -7.08. The molecule has 1 unspecified atom stereocenters. The van der Waals surface area contributed by atoms with Gasteiger partial charge < -0.3 is 24.8 Å². The number of nitro benzene ring substituents is 1.